The molecule has 1 N–H and O–H groups in total. The molecule has 0 bridgehead atoms. The first-order chi connectivity index (χ1) is 13.3. The van der Waals surface area contributed by atoms with Crippen LogP contribution >= 0.6 is 11.6 Å². The number of ether oxygens (including phenoxy) is 1. The Hall–Kier alpha value is -2.34. The number of nitrogens with zero attached hydrogens (tertiary/aromatic N) is 2. The van der Waals surface area contributed by atoms with Crippen molar-refractivity contribution in [3.63, 3.8) is 0 Å². The van der Waals surface area contributed by atoms with Gasteiger partial charge in [-0.1, -0.05) is 57.0 Å². The molecule has 0 unspecified atom stereocenters. The summed E-state index contributed by atoms with van der Waals surface area (Å²) in [6.07, 6.45) is 1.90. The SMILES string of the molecule is CCCCn1nc(C)c(C(=O)OCC(=O)Nc2c(C)cccc2C(C)C)c1Cl. The van der Waals surface area contributed by atoms with E-state index in [0.29, 0.717) is 12.2 Å². The number of nitrogens with one attached hydrogen (secondary N) is 1. The van der Waals surface area contributed by atoms with Crippen LogP contribution in [0.4, 0.5) is 5.69 Å². The lowest BCUT2D eigenvalue weighted by Crippen LogP contribution is -2.22. The van der Waals surface area contributed by atoms with Gasteiger partial charge in [-0.2, -0.15) is 5.10 Å². The monoisotopic (exact) mass is 405 g/mol. The molecule has 0 fully saturated rings. The standard InChI is InChI=1S/C21H28ClN3O3/c1-6-7-11-25-20(22)18(15(5)24-25)21(27)28-12-17(26)23-19-14(4)9-8-10-16(19)13(2)3/h8-10,13H,6-7,11-12H2,1-5H3,(H,23,26). The summed E-state index contributed by atoms with van der Waals surface area (Å²) in [5, 5.41) is 7.40. The number of para-hydroxylation sites is 1. The van der Waals surface area contributed by atoms with Crippen LogP contribution in [0.2, 0.25) is 5.15 Å². The van der Waals surface area contributed by atoms with E-state index in [1.807, 2.05) is 25.1 Å². The number of anilines is 1. The summed E-state index contributed by atoms with van der Waals surface area (Å²) < 4.78 is 6.79. The summed E-state index contributed by atoms with van der Waals surface area (Å²) in [5.74, 6) is -0.779. The van der Waals surface area contributed by atoms with Gasteiger partial charge in [0, 0.05) is 12.2 Å². The second kappa shape index (κ2) is 9.73. The Morgan fingerprint density at radius 3 is 2.64 bits per heavy atom. The number of unbranched alkanes of at least 4 members (excludes halogenated alkanes) is 1. The molecule has 2 rings (SSSR count). The van der Waals surface area contributed by atoms with Crippen LogP contribution in [0.3, 0.4) is 0 Å². The van der Waals surface area contributed by atoms with Crippen molar-refractivity contribution in [2.45, 2.75) is 59.9 Å². The number of hydrogen-bond donors (Lipinski definition) is 1. The minimum atomic E-state index is -0.644. The summed E-state index contributed by atoms with van der Waals surface area (Å²) in [5.41, 5.74) is 3.47. The lowest BCUT2D eigenvalue weighted by molar-refractivity contribution is -0.119. The summed E-state index contributed by atoms with van der Waals surface area (Å²) >= 11 is 6.28. The zero-order chi connectivity index (χ0) is 20.8. The smallest absolute Gasteiger partial charge is 0.343 e. The number of esters is 1. The molecule has 1 amide bonds. The molecule has 1 aromatic carbocycles. The van der Waals surface area contributed by atoms with Crippen LogP contribution in [-0.2, 0) is 16.1 Å². The summed E-state index contributed by atoms with van der Waals surface area (Å²) in [6, 6.07) is 5.87. The summed E-state index contributed by atoms with van der Waals surface area (Å²) in [4.78, 5) is 24.8. The largest absolute Gasteiger partial charge is 0.452 e. The van der Waals surface area contributed by atoms with Crippen LogP contribution in [-0.4, -0.2) is 28.3 Å². The van der Waals surface area contributed by atoms with Gasteiger partial charge in [0.15, 0.2) is 6.61 Å². The minimum Gasteiger partial charge on any atom is -0.452 e. The van der Waals surface area contributed by atoms with Gasteiger partial charge in [-0.3, -0.25) is 9.48 Å². The van der Waals surface area contributed by atoms with Crippen molar-refractivity contribution >= 4 is 29.2 Å². The predicted octanol–water partition coefficient (Wildman–Crippen LogP) is 4.87. The topological polar surface area (TPSA) is 73.2 Å². The minimum absolute atomic E-state index is 0.212. The van der Waals surface area contributed by atoms with Crippen LogP contribution in [0.15, 0.2) is 18.2 Å². The number of halogens is 1. The highest BCUT2D eigenvalue weighted by Gasteiger charge is 2.22. The molecule has 1 heterocycles. The highest BCUT2D eigenvalue weighted by atomic mass is 35.5. The van der Waals surface area contributed by atoms with Gasteiger partial charge in [0.2, 0.25) is 0 Å². The first-order valence-electron chi connectivity index (χ1n) is 9.55. The van der Waals surface area contributed by atoms with Crippen LogP contribution in [0, 0.1) is 13.8 Å². The van der Waals surface area contributed by atoms with E-state index < -0.39 is 11.9 Å². The first kappa shape index (κ1) is 22.0. The number of aryl methyl sites for hydroxylation is 3. The Labute approximate surface area is 171 Å². The fourth-order valence-electron chi connectivity index (χ4n) is 2.96. The lowest BCUT2D eigenvalue weighted by Gasteiger charge is -2.16. The third-order valence-corrected chi connectivity index (χ3v) is 4.90. The van der Waals surface area contributed by atoms with E-state index in [2.05, 4.69) is 31.2 Å². The van der Waals surface area contributed by atoms with Gasteiger partial charge >= 0.3 is 5.97 Å². The Morgan fingerprint density at radius 2 is 2.00 bits per heavy atom. The van der Waals surface area contributed by atoms with Gasteiger partial charge in [0.25, 0.3) is 5.91 Å². The normalized spacial score (nSPS) is 11.0. The van der Waals surface area contributed by atoms with E-state index in [1.54, 1.807) is 11.6 Å². The molecule has 0 aliphatic heterocycles. The molecule has 6 nitrogen and oxygen atoms in total. The maximum atomic E-state index is 12.4. The molecule has 0 saturated heterocycles. The molecule has 0 aliphatic carbocycles. The number of carbonyl (C=O) groups is 2. The third-order valence-electron chi connectivity index (χ3n) is 4.52. The fourth-order valence-corrected chi connectivity index (χ4v) is 3.30. The van der Waals surface area contributed by atoms with Gasteiger partial charge in [-0.25, -0.2) is 4.79 Å². The van der Waals surface area contributed by atoms with Gasteiger partial charge in [-0.05, 0) is 37.3 Å². The molecule has 0 aliphatic rings. The van der Waals surface area contributed by atoms with E-state index in [0.717, 1.165) is 29.7 Å². The van der Waals surface area contributed by atoms with Crippen LogP contribution in [0.5, 0.6) is 0 Å². The quantitative estimate of drug-likeness (QED) is 0.635. The number of carbonyl (C=O) groups excluding carboxylic acids is 2. The van der Waals surface area contributed by atoms with Crippen LogP contribution in [0.1, 0.15) is 66.7 Å². The molecule has 0 spiro atoms. The third kappa shape index (κ3) is 5.13. The van der Waals surface area contributed by atoms with E-state index in [9.17, 15) is 9.59 Å². The maximum absolute atomic E-state index is 12.4. The van der Waals surface area contributed by atoms with Crippen molar-refractivity contribution in [3.8, 4) is 0 Å². The van der Waals surface area contributed by atoms with Gasteiger partial charge in [0.05, 0.1) is 5.69 Å². The van der Waals surface area contributed by atoms with Crippen molar-refractivity contribution in [3.05, 3.63) is 45.7 Å². The van der Waals surface area contributed by atoms with Crippen LogP contribution in [0.25, 0.3) is 0 Å². The molecular formula is C21H28ClN3O3. The molecule has 28 heavy (non-hydrogen) atoms. The molecule has 0 radical (unpaired) electrons. The number of amides is 1. The Balaban J connectivity index is 2.04. The van der Waals surface area contributed by atoms with Gasteiger partial charge in [0.1, 0.15) is 10.7 Å². The summed E-state index contributed by atoms with van der Waals surface area (Å²) in [7, 11) is 0. The highest BCUT2D eigenvalue weighted by Crippen LogP contribution is 2.27. The number of hydrogen-bond acceptors (Lipinski definition) is 4. The predicted molar refractivity (Wildman–Crippen MR) is 111 cm³/mol. The fraction of sp³-hybridized carbons (Fsp3) is 0.476. The number of benzene rings is 1. The molecule has 7 heteroatoms. The molecule has 2 aromatic rings. The van der Waals surface area contributed by atoms with Crippen molar-refractivity contribution < 1.29 is 14.3 Å². The van der Waals surface area contributed by atoms with Crippen molar-refractivity contribution in [1.29, 1.82) is 0 Å². The van der Waals surface area contributed by atoms with Gasteiger partial charge < -0.3 is 10.1 Å². The lowest BCUT2D eigenvalue weighted by atomic mass is 9.98. The Bertz CT molecular complexity index is 859. The van der Waals surface area contributed by atoms with Crippen molar-refractivity contribution in [1.82, 2.24) is 9.78 Å². The molecule has 152 valence electrons. The van der Waals surface area contributed by atoms with Crippen molar-refractivity contribution in [2.75, 3.05) is 11.9 Å². The second-order valence-electron chi connectivity index (χ2n) is 7.15. The zero-order valence-electron chi connectivity index (χ0n) is 17.1. The average molecular weight is 406 g/mol. The second-order valence-corrected chi connectivity index (χ2v) is 7.50. The molecular weight excluding hydrogens is 378 g/mol. The van der Waals surface area contributed by atoms with E-state index in [-0.39, 0.29) is 23.2 Å². The maximum Gasteiger partial charge on any atom is 0.343 e. The van der Waals surface area contributed by atoms with Crippen molar-refractivity contribution in [2.24, 2.45) is 0 Å². The highest BCUT2D eigenvalue weighted by molar-refractivity contribution is 6.32. The van der Waals surface area contributed by atoms with E-state index in [4.69, 9.17) is 16.3 Å². The molecule has 0 atom stereocenters. The first-order valence-corrected chi connectivity index (χ1v) is 9.93. The summed E-state index contributed by atoms with van der Waals surface area (Å²) in [6.45, 7) is 10.1. The average Bonchev–Trinajstić information content (AvgIpc) is 2.93. The van der Waals surface area contributed by atoms with E-state index in [1.165, 1.54) is 0 Å². The number of rotatable bonds is 8. The number of aromatic nitrogens is 2. The Kier molecular flexibility index (Phi) is 7.63. The van der Waals surface area contributed by atoms with Crippen LogP contribution < -0.4 is 5.32 Å². The molecule has 1 aromatic heterocycles. The molecule has 0 saturated carbocycles. The van der Waals surface area contributed by atoms with Gasteiger partial charge in [-0.15, -0.1) is 0 Å². The van der Waals surface area contributed by atoms with E-state index >= 15 is 0 Å². The Morgan fingerprint density at radius 1 is 1.29 bits per heavy atom. The zero-order valence-corrected chi connectivity index (χ0v) is 17.9.